The molecular weight excluding hydrogens is 384 g/mol. The van der Waals surface area contributed by atoms with Gasteiger partial charge >= 0.3 is 0 Å². The van der Waals surface area contributed by atoms with E-state index in [1.165, 1.54) is 21.6 Å². The summed E-state index contributed by atoms with van der Waals surface area (Å²) in [7, 11) is 3.79. The Morgan fingerprint density at radius 2 is 1.90 bits per heavy atom. The number of rotatable bonds is 8. The molecule has 154 valence electrons. The van der Waals surface area contributed by atoms with Gasteiger partial charge in [0.15, 0.2) is 18.2 Å². The molecule has 0 spiro atoms. The van der Waals surface area contributed by atoms with Gasteiger partial charge in [-0.2, -0.15) is 9.78 Å². The molecule has 3 rings (SSSR count). The number of ether oxygens (including phenoxy) is 2. The van der Waals surface area contributed by atoms with Gasteiger partial charge < -0.3 is 14.4 Å². The van der Waals surface area contributed by atoms with Gasteiger partial charge in [-0.15, -0.1) is 0 Å². The SMILES string of the molecule is CCOc1ccc(C[NH+](C)Cn2ncn(-c3ccc(C)cc3C)c2=S)cc1OC. The molecule has 1 N–H and O–H groups in total. The highest BCUT2D eigenvalue weighted by Gasteiger charge is 2.12. The maximum absolute atomic E-state index is 5.68. The van der Waals surface area contributed by atoms with Crippen LogP contribution in [0.15, 0.2) is 42.7 Å². The number of methoxy groups -OCH3 is 1. The first-order valence-corrected chi connectivity index (χ1v) is 10.2. The smallest absolute Gasteiger partial charge is 0.207 e. The number of nitrogens with zero attached hydrogens (tertiary/aromatic N) is 3. The van der Waals surface area contributed by atoms with Crippen LogP contribution in [0.2, 0.25) is 0 Å². The molecule has 0 fully saturated rings. The molecule has 0 bridgehead atoms. The van der Waals surface area contributed by atoms with Gasteiger partial charge in [0.25, 0.3) is 0 Å². The number of hydrogen-bond donors (Lipinski definition) is 1. The van der Waals surface area contributed by atoms with Crippen LogP contribution in [0.25, 0.3) is 5.69 Å². The van der Waals surface area contributed by atoms with E-state index in [-0.39, 0.29) is 0 Å². The lowest BCUT2D eigenvalue weighted by atomic mass is 10.1. The predicted octanol–water partition coefficient (Wildman–Crippen LogP) is 3.10. The Bertz CT molecular complexity index is 1040. The van der Waals surface area contributed by atoms with Crippen molar-refractivity contribution in [2.45, 2.75) is 34.0 Å². The third-order valence-corrected chi connectivity index (χ3v) is 5.21. The van der Waals surface area contributed by atoms with Gasteiger partial charge in [0.2, 0.25) is 4.77 Å². The van der Waals surface area contributed by atoms with Crippen LogP contribution in [-0.2, 0) is 13.2 Å². The minimum atomic E-state index is 0.613. The van der Waals surface area contributed by atoms with Crippen molar-refractivity contribution in [2.75, 3.05) is 20.8 Å². The Labute approximate surface area is 177 Å². The van der Waals surface area contributed by atoms with Crippen molar-refractivity contribution < 1.29 is 14.4 Å². The molecule has 0 radical (unpaired) electrons. The lowest BCUT2D eigenvalue weighted by molar-refractivity contribution is -0.917. The maximum Gasteiger partial charge on any atom is 0.207 e. The van der Waals surface area contributed by atoms with Crippen LogP contribution in [0.1, 0.15) is 23.6 Å². The predicted molar refractivity (Wildman–Crippen MR) is 117 cm³/mol. The number of quaternary nitrogens is 1. The monoisotopic (exact) mass is 413 g/mol. The van der Waals surface area contributed by atoms with Gasteiger partial charge in [-0.25, -0.2) is 0 Å². The number of hydrogen-bond acceptors (Lipinski definition) is 4. The second kappa shape index (κ2) is 9.24. The van der Waals surface area contributed by atoms with E-state index in [0.29, 0.717) is 18.0 Å². The lowest BCUT2D eigenvalue weighted by Gasteiger charge is -2.16. The molecule has 3 aromatic rings. The fourth-order valence-corrected chi connectivity index (χ4v) is 3.70. The summed E-state index contributed by atoms with van der Waals surface area (Å²) >= 11 is 5.68. The Kier molecular flexibility index (Phi) is 6.71. The van der Waals surface area contributed by atoms with Crippen LogP contribution in [0.3, 0.4) is 0 Å². The summed E-state index contributed by atoms with van der Waals surface area (Å²) in [6.07, 6.45) is 1.80. The van der Waals surface area contributed by atoms with E-state index in [0.717, 1.165) is 23.7 Å². The zero-order valence-electron chi connectivity index (χ0n) is 17.7. The number of nitrogens with one attached hydrogen (secondary N) is 1. The Balaban J connectivity index is 1.74. The van der Waals surface area contributed by atoms with Crippen LogP contribution < -0.4 is 14.4 Å². The molecule has 1 heterocycles. The second-order valence-electron chi connectivity index (χ2n) is 7.28. The quantitative estimate of drug-likeness (QED) is 0.577. The van der Waals surface area contributed by atoms with E-state index in [1.54, 1.807) is 13.4 Å². The van der Waals surface area contributed by atoms with E-state index < -0.39 is 0 Å². The third-order valence-electron chi connectivity index (χ3n) is 4.80. The summed E-state index contributed by atoms with van der Waals surface area (Å²) in [5.74, 6) is 1.53. The Morgan fingerprint density at radius 3 is 2.59 bits per heavy atom. The lowest BCUT2D eigenvalue weighted by Crippen LogP contribution is -3.07. The average Bonchev–Trinajstić information content (AvgIpc) is 3.03. The summed E-state index contributed by atoms with van der Waals surface area (Å²) < 4.78 is 15.6. The van der Waals surface area contributed by atoms with E-state index in [4.69, 9.17) is 21.7 Å². The summed E-state index contributed by atoms with van der Waals surface area (Å²) in [5.41, 5.74) is 4.66. The molecule has 2 aromatic carbocycles. The van der Waals surface area contributed by atoms with Gasteiger partial charge in [-0.1, -0.05) is 17.7 Å². The maximum atomic E-state index is 5.68. The summed E-state index contributed by atoms with van der Waals surface area (Å²) in [6.45, 7) is 8.26. The molecular formula is C22H29N4O2S+. The molecule has 6 nitrogen and oxygen atoms in total. The van der Waals surface area contributed by atoms with E-state index in [9.17, 15) is 0 Å². The molecule has 1 atom stereocenters. The van der Waals surface area contributed by atoms with Crippen LogP contribution in [0, 0.1) is 18.6 Å². The first-order valence-electron chi connectivity index (χ1n) is 9.76. The molecule has 7 heteroatoms. The fraction of sp³-hybridized carbons (Fsp3) is 0.364. The number of aryl methyl sites for hydroxylation is 2. The minimum absolute atomic E-state index is 0.613. The van der Waals surface area contributed by atoms with Crippen molar-refractivity contribution in [1.29, 1.82) is 0 Å². The fourth-order valence-electron chi connectivity index (χ4n) is 3.44. The third kappa shape index (κ3) is 4.86. The first-order chi connectivity index (χ1) is 13.9. The van der Waals surface area contributed by atoms with Gasteiger partial charge in [-0.05, 0) is 62.8 Å². The van der Waals surface area contributed by atoms with E-state index >= 15 is 0 Å². The second-order valence-corrected chi connectivity index (χ2v) is 7.65. The van der Waals surface area contributed by atoms with Crippen molar-refractivity contribution in [3.8, 4) is 17.2 Å². The molecule has 0 amide bonds. The number of aromatic nitrogens is 3. The van der Waals surface area contributed by atoms with Crippen molar-refractivity contribution in [3.05, 3.63) is 64.2 Å². The summed E-state index contributed by atoms with van der Waals surface area (Å²) in [5, 5.41) is 4.52. The molecule has 0 saturated heterocycles. The van der Waals surface area contributed by atoms with Crippen LogP contribution in [0.4, 0.5) is 0 Å². The summed E-state index contributed by atoms with van der Waals surface area (Å²) in [4.78, 5) is 1.26. The zero-order chi connectivity index (χ0) is 21.0. The molecule has 0 aliphatic rings. The zero-order valence-corrected chi connectivity index (χ0v) is 18.5. The van der Waals surface area contributed by atoms with Crippen molar-refractivity contribution >= 4 is 12.2 Å². The highest BCUT2D eigenvalue weighted by molar-refractivity contribution is 7.71. The first kappa shape index (κ1) is 21.1. The molecule has 0 aliphatic carbocycles. The van der Waals surface area contributed by atoms with Gasteiger partial charge in [-0.3, -0.25) is 4.57 Å². The molecule has 29 heavy (non-hydrogen) atoms. The molecule has 0 aliphatic heterocycles. The minimum Gasteiger partial charge on any atom is -0.493 e. The largest absolute Gasteiger partial charge is 0.493 e. The van der Waals surface area contributed by atoms with Crippen molar-refractivity contribution in [3.63, 3.8) is 0 Å². The van der Waals surface area contributed by atoms with E-state index in [1.807, 2.05) is 28.3 Å². The average molecular weight is 414 g/mol. The van der Waals surface area contributed by atoms with Crippen LogP contribution in [0.5, 0.6) is 11.5 Å². The molecule has 1 unspecified atom stereocenters. The highest BCUT2D eigenvalue weighted by Crippen LogP contribution is 2.27. The Hall–Kier alpha value is -2.64. The van der Waals surface area contributed by atoms with E-state index in [2.05, 4.69) is 50.3 Å². The van der Waals surface area contributed by atoms with Gasteiger partial charge in [0, 0.05) is 5.56 Å². The van der Waals surface area contributed by atoms with Crippen molar-refractivity contribution in [2.24, 2.45) is 0 Å². The summed E-state index contributed by atoms with van der Waals surface area (Å²) in [6, 6.07) is 12.4. The van der Waals surface area contributed by atoms with Gasteiger partial charge in [0.1, 0.15) is 12.9 Å². The normalized spacial score (nSPS) is 12.0. The number of benzene rings is 2. The molecule has 1 aromatic heterocycles. The molecule has 0 saturated carbocycles. The van der Waals surface area contributed by atoms with Crippen LogP contribution in [-0.4, -0.2) is 35.1 Å². The topological polar surface area (TPSA) is 45.7 Å². The van der Waals surface area contributed by atoms with Crippen LogP contribution >= 0.6 is 12.2 Å². The van der Waals surface area contributed by atoms with Crippen molar-refractivity contribution in [1.82, 2.24) is 14.3 Å². The standard InChI is InChI=1S/C22H28N4O2S/c1-6-28-20-10-8-18(12-21(20)27-5)13-24(4)15-26-22(29)25(14-23-26)19-9-7-16(2)11-17(19)3/h7-12,14H,6,13,15H2,1-5H3/p+1. The highest BCUT2D eigenvalue weighted by atomic mass is 32.1. The Morgan fingerprint density at radius 1 is 1.10 bits per heavy atom. The van der Waals surface area contributed by atoms with Gasteiger partial charge in [0.05, 0.1) is 26.5 Å².